The van der Waals surface area contributed by atoms with Crippen LogP contribution in [0.25, 0.3) is 0 Å². The molecule has 2 atom stereocenters. The molecular formula is C18H23FN2O3. The lowest BCUT2D eigenvalue weighted by atomic mass is 9.96. The molecule has 0 N–H and O–H groups in total. The lowest BCUT2D eigenvalue weighted by Gasteiger charge is -2.40. The maximum Gasteiger partial charge on any atom is 0.254 e. The van der Waals surface area contributed by atoms with Crippen molar-refractivity contribution in [1.29, 1.82) is 0 Å². The highest BCUT2D eigenvalue weighted by Crippen LogP contribution is 2.32. The lowest BCUT2D eigenvalue weighted by Crippen LogP contribution is -2.54. The van der Waals surface area contributed by atoms with Gasteiger partial charge in [-0.15, -0.1) is 0 Å². The molecule has 0 spiro atoms. The predicted octanol–water partition coefficient (Wildman–Crippen LogP) is 2.13. The predicted molar refractivity (Wildman–Crippen MR) is 86.7 cm³/mol. The molecular weight excluding hydrogens is 311 g/mol. The number of morpholine rings is 1. The van der Waals surface area contributed by atoms with Crippen LogP contribution in [0, 0.1) is 5.82 Å². The molecule has 2 heterocycles. The SMILES string of the molecule is CN1C(=O)COC(C(=O)N2CCCCCC2)C1c1ccccc1F. The summed E-state index contributed by atoms with van der Waals surface area (Å²) in [6, 6.07) is 5.52. The first-order chi connectivity index (χ1) is 11.6. The first-order valence-electron chi connectivity index (χ1n) is 8.50. The number of ether oxygens (including phenoxy) is 1. The van der Waals surface area contributed by atoms with Crippen molar-refractivity contribution >= 4 is 11.8 Å². The molecule has 0 aliphatic carbocycles. The van der Waals surface area contributed by atoms with Crippen LogP contribution in [-0.4, -0.2) is 54.5 Å². The number of carbonyl (C=O) groups excluding carboxylic acids is 2. The molecule has 2 aliphatic heterocycles. The van der Waals surface area contributed by atoms with Crippen LogP contribution in [0.15, 0.2) is 24.3 Å². The standard InChI is InChI=1S/C18H23FN2O3/c1-20-15(22)12-24-17(16(20)13-8-4-5-9-14(13)19)18(23)21-10-6-2-3-7-11-21/h4-5,8-9,16-17H,2-3,6-7,10-12H2,1H3. The summed E-state index contributed by atoms with van der Waals surface area (Å²) in [7, 11) is 1.60. The Hall–Kier alpha value is -1.95. The second kappa shape index (κ2) is 7.30. The van der Waals surface area contributed by atoms with Crippen LogP contribution in [-0.2, 0) is 14.3 Å². The van der Waals surface area contributed by atoms with Gasteiger partial charge in [-0.3, -0.25) is 9.59 Å². The van der Waals surface area contributed by atoms with Crippen molar-refractivity contribution in [1.82, 2.24) is 9.80 Å². The normalized spacial score (nSPS) is 25.5. The molecule has 2 aliphatic rings. The van der Waals surface area contributed by atoms with Gasteiger partial charge >= 0.3 is 0 Å². The molecule has 2 fully saturated rings. The number of rotatable bonds is 2. The van der Waals surface area contributed by atoms with E-state index in [-0.39, 0.29) is 18.4 Å². The fourth-order valence-corrected chi connectivity index (χ4v) is 3.48. The third-order valence-electron chi connectivity index (χ3n) is 4.87. The molecule has 0 radical (unpaired) electrons. The summed E-state index contributed by atoms with van der Waals surface area (Å²) in [5.74, 6) is -0.825. The van der Waals surface area contributed by atoms with Crippen LogP contribution < -0.4 is 0 Å². The quantitative estimate of drug-likeness (QED) is 0.832. The number of hydrogen-bond acceptors (Lipinski definition) is 3. The van der Waals surface area contributed by atoms with E-state index < -0.39 is 18.0 Å². The Morgan fingerprint density at radius 1 is 1.17 bits per heavy atom. The van der Waals surface area contributed by atoms with Gasteiger partial charge in [0.15, 0.2) is 6.10 Å². The van der Waals surface area contributed by atoms with Gasteiger partial charge in [0.1, 0.15) is 12.4 Å². The van der Waals surface area contributed by atoms with Gasteiger partial charge in [0.05, 0.1) is 6.04 Å². The fourth-order valence-electron chi connectivity index (χ4n) is 3.48. The minimum absolute atomic E-state index is 0.147. The van der Waals surface area contributed by atoms with Gasteiger partial charge in [-0.2, -0.15) is 0 Å². The van der Waals surface area contributed by atoms with Crippen molar-refractivity contribution in [3.63, 3.8) is 0 Å². The van der Waals surface area contributed by atoms with Crippen LogP contribution in [0.1, 0.15) is 37.3 Å². The second-order valence-corrected chi connectivity index (χ2v) is 6.44. The van der Waals surface area contributed by atoms with Crippen LogP contribution >= 0.6 is 0 Å². The van der Waals surface area contributed by atoms with E-state index in [0.29, 0.717) is 18.7 Å². The second-order valence-electron chi connectivity index (χ2n) is 6.44. The Kier molecular flexibility index (Phi) is 5.14. The highest BCUT2D eigenvalue weighted by molar-refractivity contribution is 5.86. The van der Waals surface area contributed by atoms with Gasteiger partial charge in [-0.1, -0.05) is 31.0 Å². The van der Waals surface area contributed by atoms with E-state index in [2.05, 4.69) is 0 Å². The minimum atomic E-state index is -0.859. The molecule has 130 valence electrons. The number of likely N-dealkylation sites (tertiary alicyclic amines) is 1. The number of likely N-dealkylation sites (N-methyl/N-ethyl adjacent to an activating group) is 1. The van der Waals surface area contributed by atoms with E-state index in [0.717, 1.165) is 25.7 Å². The van der Waals surface area contributed by atoms with Crippen molar-refractivity contribution in [3.05, 3.63) is 35.6 Å². The van der Waals surface area contributed by atoms with Crippen molar-refractivity contribution < 1.29 is 18.7 Å². The molecule has 2 amide bonds. The van der Waals surface area contributed by atoms with E-state index in [9.17, 15) is 14.0 Å². The molecule has 0 saturated carbocycles. The Labute approximate surface area is 141 Å². The van der Waals surface area contributed by atoms with Crippen LogP contribution in [0.4, 0.5) is 4.39 Å². The van der Waals surface area contributed by atoms with E-state index in [4.69, 9.17) is 4.74 Å². The van der Waals surface area contributed by atoms with E-state index in [1.54, 1.807) is 30.1 Å². The monoisotopic (exact) mass is 334 g/mol. The third kappa shape index (κ3) is 3.29. The first-order valence-corrected chi connectivity index (χ1v) is 8.50. The molecule has 3 rings (SSSR count). The molecule has 1 aromatic rings. The Morgan fingerprint density at radius 2 is 1.83 bits per heavy atom. The zero-order chi connectivity index (χ0) is 17.1. The first kappa shape index (κ1) is 16.9. The van der Waals surface area contributed by atoms with Crippen molar-refractivity contribution in [3.8, 4) is 0 Å². The van der Waals surface area contributed by atoms with Crippen LogP contribution in [0.5, 0.6) is 0 Å². The molecule has 2 saturated heterocycles. The molecule has 6 heteroatoms. The van der Waals surface area contributed by atoms with Gasteiger partial charge in [-0.25, -0.2) is 4.39 Å². The Bertz CT molecular complexity index is 614. The summed E-state index contributed by atoms with van der Waals surface area (Å²) in [6.45, 7) is 1.24. The average molecular weight is 334 g/mol. The fraction of sp³-hybridized carbons (Fsp3) is 0.556. The summed E-state index contributed by atoms with van der Waals surface area (Å²) in [6.07, 6.45) is 3.31. The summed E-state index contributed by atoms with van der Waals surface area (Å²) < 4.78 is 19.9. The maximum absolute atomic E-state index is 14.3. The largest absolute Gasteiger partial charge is 0.356 e. The van der Waals surface area contributed by atoms with Gasteiger partial charge in [0.25, 0.3) is 5.91 Å². The van der Waals surface area contributed by atoms with E-state index >= 15 is 0 Å². The Balaban J connectivity index is 1.90. The van der Waals surface area contributed by atoms with Gasteiger partial charge < -0.3 is 14.5 Å². The van der Waals surface area contributed by atoms with Gasteiger partial charge in [0, 0.05) is 25.7 Å². The maximum atomic E-state index is 14.3. The number of halogens is 1. The molecule has 2 unspecified atom stereocenters. The topological polar surface area (TPSA) is 49.9 Å². The van der Waals surface area contributed by atoms with Crippen molar-refractivity contribution in [2.24, 2.45) is 0 Å². The van der Waals surface area contributed by atoms with Crippen LogP contribution in [0.3, 0.4) is 0 Å². The van der Waals surface area contributed by atoms with Crippen molar-refractivity contribution in [2.45, 2.75) is 37.8 Å². The number of carbonyl (C=O) groups is 2. The number of hydrogen-bond donors (Lipinski definition) is 0. The molecule has 0 bridgehead atoms. The smallest absolute Gasteiger partial charge is 0.254 e. The number of benzene rings is 1. The van der Waals surface area contributed by atoms with Gasteiger partial charge in [-0.05, 0) is 18.9 Å². The van der Waals surface area contributed by atoms with Crippen molar-refractivity contribution in [2.75, 3.05) is 26.7 Å². The van der Waals surface area contributed by atoms with E-state index in [1.807, 2.05) is 0 Å². The number of nitrogens with zero attached hydrogens (tertiary/aromatic N) is 2. The third-order valence-corrected chi connectivity index (χ3v) is 4.87. The summed E-state index contributed by atoms with van der Waals surface area (Å²) >= 11 is 0. The summed E-state index contributed by atoms with van der Waals surface area (Å²) in [4.78, 5) is 28.3. The molecule has 24 heavy (non-hydrogen) atoms. The van der Waals surface area contributed by atoms with Crippen LogP contribution in [0.2, 0.25) is 0 Å². The summed E-state index contributed by atoms with van der Waals surface area (Å²) in [5.41, 5.74) is 0.321. The minimum Gasteiger partial charge on any atom is -0.356 e. The highest BCUT2D eigenvalue weighted by atomic mass is 19.1. The van der Waals surface area contributed by atoms with Gasteiger partial charge in [0.2, 0.25) is 5.91 Å². The van der Waals surface area contributed by atoms with E-state index in [1.165, 1.54) is 11.0 Å². The zero-order valence-electron chi connectivity index (χ0n) is 13.9. The summed E-state index contributed by atoms with van der Waals surface area (Å²) in [5, 5.41) is 0. The molecule has 0 aromatic heterocycles. The Morgan fingerprint density at radius 3 is 2.50 bits per heavy atom. The lowest BCUT2D eigenvalue weighted by molar-refractivity contribution is -0.167. The molecule has 5 nitrogen and oxygen atoms in total. The number of amides is 2. The zero-order valence-corrected chi connectivity index (χ0v) is 13.9. The average Bonchev–Trinajstić information content (AvgIpc) is 2.87. The highest BCUT2D eigenvalue weighted by Gasteiger charge is 2.42. The molecule has 1 aromatic carbocycles.